The number of alkyl carbamates (subject to hydrolysis) is 1. The molecule has 2 rings (SSSR count). The van der Waals surface area contributed by atoms with E-state index in [1.807, 2.05) is 39.5 Å². The van der Waals surface area contributed by atoms with Gasteiger partial charge in [-0.15, -0.1) is 0 Å². The molecule has 1 aliphatic heterocycles. The summed E-state index contributed by atoms with van der Waals surface area (Å²) in [4.78, 5) is 26.6. The third kappa shape index (κ3) is 4.72. The molecule has 1 fully saturated rings. The van der Waals surface area contributed by atoms with Crippen LogP contribution in [0.4, 0.5) is 4.79 Å². The number of carbonyl (C=O) groups excluding carboxylic acids is 2. The van der Waals surface area contributed by atoms with E-state index in [-0.39, 0.29) is 12.5 Å². The van der Waals surface area contributed by atoms with Gasteiger partial charge in [0.05, 0.1) is 5.41 Å². The molecule has 1 heterocycles. The minimum atomic E-state index is -0.627. The molecule has 1 aliphatic carbocycles. The molecule has 2 aliphatic rings. The van der Waals surface area contributed by atoms with Crippen molar-refractivity contribution in [1.29, 1.82) is 0 Å². The van der Waals surface area contributed by atoms with Crippen LogP contribution in [0.2, 0.25) is 0 Å². The molecule has 130 valence electrons. The zero-order valence-corrected chi connectivity index (χ0v) is 15.0. The van der Waals surface area contributed by atoms with Crippen molar-refractivity contribution in [3.63, 3.8) is 0 Å². The summed E-state index contributed by atoms with van der Waals surface area (Å²) in [6.07, 6.45) is 6.13. The average Bonchev–Trinajstić information content (AvgIpc) is 2.86. The first-order chi connectivity index (χ1) is 10.6. The Morgan fingerprint density at radius 2 is 1.61 bits per heavy atom. The van der Waals surface area contributed by atoms with Gasteiger partial charge in [-0.05, 0) is 59.3 Å². The number of amides is 2. The summed E-state index contributed by atoms with van der Waals surface area (Å²) in [7, 11) is 0. The minimum absolute atomic E-state index is 0.114. The van der Waals surface area contributed by atoms with Crippen molar-refractivity contribution < 1.29 is 14.3 Å². The Balaban J connectivity index is 1.87. The highest BCUT2D eigenvalue weighted by Gasteiger charge is 2.40. The fourth-order valence-electron chi connectivity index (χ4n) is 3.29. The molecule has 1 N–H and O–H groups in total. The Kier molecular flexibility index (Phi) is 5.07. The highest BCUT2D eigenvalue weighted by molar-refractivity contribution is 5.83. The zero-order chi connectivity index (χ0) is 17.3. The highest BCUT2D eigenvalue weighted by Crippen LogP contribution is 2.34. The normalized spacial score (nSPS) is 24.3. The van der Waals surface area contributed by atoms with Crippen molar-refractivity contribution in [3.05, 3.63) is 12.2 Å². The standard InChI is InChI=1S/C18H30N2O3/c1-17(2,3)23-16(22)19-12-18(4,5)15(21)20-10-13-8-6-7-9-14(13)11-20/h6-7,13-14H,8-12H2,1-5H3,(H,19,22). The minimum Gasteiger partial charge on any atom is -0.444 e. The maximum atomic E-state index is 12.8. The number of nitrogens with one attached hydrogen (secondary N) is 1. The molecule has 0 aromatic rings. The third-order valence-electron chi connectivity index (χ3n) is 4.56. The molecule has 0 aromatic heterocycles. The number of likely N-dealkylation sites (tertiary alicyclic amines) is 1. The SMILES string of the molecule is CC(C)(C)OC(=O)NCC(C)(C)C(=O)N1CC2CC=CCC2C1. The summed E-state index contributed by atoms with van der Waals surface area (Å²) in [6.45, 7) is 11.2. The maximum Gasteiger partial charge on any atom is 0.407 e. The van der Waals surface area contributed by atoms with Crippen LogP contribution in [0.1, 0.15) is 47.5 Å². The summed E-state index contributed by atoms with van der Waals surface area (Å²) in [5.41, 5.74) is -1.16. The Morgan fingerprint density at radius 1 is 1.09 bits per heavy atom. The van der Waals surface area contributed by atoms with E-state index in [2.05, 4.69) is 17.5 Å². The van der Waals surface area contributed by atoms with E-state index in [9.17, 15) is 9.59 Å². The second kappa shape index (κ2) is 6.54. The number of fused-ring (bicyclic) bond motifs is 1. The van der Waals surface area contributed by atoms with Gasteiger partial charge in [0.25, 0.3) is 0 Å². The first kappa shape index (κ1) is 17.8. The summed E-state index contributed by atoms with van der Waals surface area (Å²) >= 11 is 0. The first-order valence-corrected chi connectivity index (χ1v) is 8.50. The second-order valence-corrected chi connectivity index (χ2v) is 8.41. The Morgan fingerprint density at radius 3 is 2.09 bits per heavy atom. The number of hydrogen-bond acceptors (Lipinski definition) is 3. The Hall–Kier alpha value is -1.52. The maximum absolute atomic E-state index is 12.8. The van der Waals surface area contributed by atoms with E-state index in [1.54, 1.807) is 0 Å². The molecule has 0 spiro atoms. The molecule has 23 heavy (non-hydrogen) atoms. The third-order valence-corrected chi connectivity index (χ3v) is 4.56. The lowest BCUT2D eigenvalue weighted by Gasteiger charge is -2.30. The van der Waals surface area contributed by atoms with Crippen molar-refractivity contribution in [2.75, 3.05) is 19.6 Å². The average molecular weight is 322 g/mol. The highest BCUT2D eigenvalue weighted by atomic mass is 16.6. The smallest absolute Gasteiger partial charge is 0.407 e. The molecular weight excluding hydrogens is 292 g/mol. The zero-order valence-electron chi connectivity index (χ0n) is 15.0. The molecule has 5 heteroatoms. The fraction of sp³-hybridized carbons (Fsp3) is 0.778. The van der Waals surface area contributed by atoms with E-state index in [1.165, 1.54) is 0 Å². The van der Waals surface area contributed by atoms with Crippen LogP contribution in [0.5, 0.6) is 0 Å². The van der Waals surface area contributed by atoms with Crippen molar-refractivity contribution in [2.45, 2.75) is 53.1 Å². The number of ether oxygens (including phenoxy) is 1. The van der Waals surface area contributed by atoms with E-state index in [4.69, 9.17) is 4.74 Å². The largest absolute Gasteiger partial charge is 0.444 e. The van der Waals surface area contributed by atoms with Crippen LogP contribution in [-0.2, 0) is 9.53 Å². The molecule has 1 saturated heterocycles. The number of nitrogens with zero attached hydrogens (tertiary/aromatic N) is 1. The molecule has 0 aromatic carbocycles. The van der Waals surface area contributed by atoms with Crippen molar-refractivity contribution >= 4 is 12.0 Å². The topological polar surface area (TPSA) is 58.6 Å². The fourth-order valence-corrected chi connectivity index (χ4v) is 3.29. The summed E-state index contributed by atoms with van der Waals surface area (Å²) in [6, 6.07) is 0. The molecular formula is C18H30N2O3. The van der Waals surface area contributed by atoms with Gasteiger partial charge in [-0.3, -0.25) is 4.79 Å². The van der Waals surface area contributed by atoms with Gasteiger partial charge in [-0.25, -0.2) is 4.79 Å². The molecule has 2 amide bonds. The number of rotatable bonds is 3. The first-order valence-electron chi connectivity index (χ1n) is 8.50. The van der Waals surface area contributed by atoms with E-state index >= 15 is 0 Å². The van der Waals surface area contributed by atoms with Crippen molar-refractivity contribution in [2.24, 2.45) is 17.3 Å². The van der Waals surface area contributed by atoms with E-state index in [0.717, 1.165) is 25.9 Å². The summed E-state index contributed by atoms with van der Waals surface area (Å²) < 4.78 is 5.23. The summed E-state index contributed by atoms with van der Waals surface area (Å²) in [5.74, 6) is 1.31. The Bertz CT molecular complexity index is 475. The van der Waals surface area contributed by atoms with Gasteiger partial charge in [0.2, 0.25) is 5.91 Å². The van der Waals surface area contributed by atoms with E-state index in [0.29, 0.717) is 11.8 Å². The predicted octanol–water partition coefficient (Wildman–Crippen LogP) is 2.96. The lowest BCUT2D eigenvalue weighted by atomic mass is 9.86. The molecule has 5 nitrogen and oxygen atoms in total. The molecule has 0 bridgehead atoms. The number of allylic oxidation sites excluding steroid dienone is 2. The van der Waals surface area contributed by atoms with Crippen LogP contribution >= 0.6 is 0 Å². The van der Waals surface area contributed by atoms with Crippen LogP contribution in [0.25, 0.3) is 0 Å². The van der Waals surface area contributed by atoms with Gasteiger partial charge in [0, 0.05) is 19.6 Å². The quantitative estimate of drug-likeness (QED) is 0.813. The van der Waals surface area contributed by atoms with Gasteiger partial charge in [-0.2, -0.15) is 0 Å². The second-order valence-electron chi connectivity index (χ2n) is 8.41. The van der Waals surface area contributed by atoms with Crippen LogP contribution in [0.15, 0.2) is 12.2 Å². The molecule has 2 atom stereocenters. The molecule has 2 unspecified atom stereocenters. The van der Waals surface area contributed by atoms with Crippen LogP contribution in [-0.4, -0.2) is 42.1 Å². The van der Waals surface area contributed by atoms with E-state index < -0.39 is 17.1 Å². The Labute approximate surface area is 139 Å². The molecule has 0 saturated carbocycles. The van der Waals surface area contributed by atoms with Gasteiger partial charge in [-0.1, -0.05) is 12.2 Å². The monoisotopic (exact) mass is 322 g/mol. The van der Waals surface area contributed by atoms with Crippen molar-refractivity contribution in [3.8, 4) is 0 Å². The van der Waals surface area contributed by atoms with Crippen molar-refractivity contribution in [1.82, 2.24) is 10.2 Å². The van der Waals surface area contributed by atoms with Crippen LogP contribution in [0.3, 0.4) is 0 Å². The lowest BCUT2D eigenvalue weighted by molar-refractivity contribution is -0.139. The number of hydrogen-bond donors (Lipinski definition) is 1. The lowest BCUT2D eigenvalue weighted by Crippen LogP contribution is -2.47. The van der Waals surface area contributed by atoms with Gasteiger partial charge in [0.15, 0.2) is 0 Å². The predicted molar refractivity (Wildman–Crippen MR) is 90.0 cm³/mol. The summed E-state index contributed by atoms with van der Waals surface area (Å²) in [5, 5.41) is 2.73. The van der Waals surface area contributed by atoms with Crippen LogP contribution < -0.4 is 5.32 Å². The van der Waals surface area contributed by atoms with Gasteiger partial charge < -0.3 is 15.0 Å². The van der Waals surface area contributed by atoms with Gasteiger partial charge >= 0.3 is 6.09 Å². The van der Waals surface area contributed by atoms with Gasteiger partial charge in [0.1, 0.15) is 5.60 Å². The van der Waals surface area contributed by atoms with Crippen LogP contribution in [0, 0.1) is 17.3 Å². The number of carbonyl (C=O) groups is 2. The molecule has 0 radical (unpaired) electrons.